The quantitative estimate of drug-likeness (QED) is 0.896. The largest absolute Gasteiger partial charge is 0.484 e. The average Bonchev–Trinajstić information content (AvgIpc) is 2.78. The summed E-state index contributed by atoms with van der Waals surface area (Å²) in [7, 11) is 0. The molecule has 0 amide bonds. The molecule has 0 bridgehead atoms. The van der Waals surface area contributed by atoms with E-state index in [4.69, 9.17) is 9.72 Å². The van der Waals surface area contributed by atoms with Crippen LogP contribution in [0.25, 0.3) is 11.3 Å². The summed E-state index contributed by atoms with van der Waals surface area (Å²) in [5.74, 6) is 0.925. The van der Waals surface area contributed by atoms with E-state index in [1.165, 1.54) is 9.88 Å². The van der Waals surface area contributed by atoms with Crippen molar-refractivity contribution in [3.05, 3.63) is 28.1 Å². The van der Waals surface area contributed by atoms with E-state index in [1.54, 1.807) is 11.3 Å². The fourth-order valence-corrected chi connectivity index (χ4v) is 3.31. The van der Waals surface area contributed by atoms with Crippen molar-refractivity contribution >= 4 is 17.0 Å². The van der Waals surface area contributed by atoms with Crippen molar-refractivity contribution in [3.8, 4) is 17.0 Å². The second-order valence-corrected chi connectivity index (χ2v) is 7.08. The van der Waals surface area contributed by atoms with Gasteiger partial charge >= 0.3 is 0 Å². The molecule has 2 heterocycles. The molecule has 2 aromatic rings. The van der Waals surface area contributed by atoms with Gasteiger partial charge in [-0.3, -0.25) is 0 Å². The smallest absolute Gasteiger partial charge is 0.143 e. The molecule has 0 unspecified atom stereocenters. The monoisotopic (exact) mass is 288 g/mol. The summed E-state index contributed by atoms with van der Waals surface area (Å²) in [6, 6.07) is 6.29. The van der Waals surface area contributed by atoms with Gasteiger partial charge in [0, 0.05) is 10.4 Å². The zero-order valence-corrected chi connectivity index (χ0v) is 13.2. The maximum Gasteiger partial charge on any atom is 0.143 e. The summed E-state index contributed by atoms with van der Waals surface area (Å²) in [6.45, 7) is 9.29. The lowest BCUT2D eigenvalue weighted by atomic mass is 10.0. The number of benzene rings is 1. The molecule has 4 heteroatoms. The minimum atomic E-state index is -0.152. The molecule has 0 radical (unpaired) electrons. The molecule has 0 fully saturated rings. The number of fused-ring (bicyclic) bond motifs is 1. The van der Waals surface area contributed by atoms with Crippen LogP contribution in [0.4, 0.5) is 5.69 Å². The lowest BCUT2D eigenvalue weighted by Crippen LogP contribution is -2.39. The first-order chi connectivity index (χ1) is 9.48. The van der Waals surface area contributed by atoms with Crippen molar-refractivity contribution in [1.29, 1.82) is 0 Å². The van der Waals surface area contributed by atoms with Gasteiger partial charge in [0.05, 0.1) is 22.9 Å². The van der Waals surface area contributed by atoms with Gasteiger partial charge in [0.15, 0.2) is 0 Å². The Kier molecular flexibility index (Phi) is 3.21. The van der Waals surface area contributed by atoms with E-state index in [2.05, 4.69) is 45.1 Å². The number of nitrogens with one attached hydrogen (secondary N) is 1. The number of hydrogen-bond donors (Lipinski definition) is 1. The zero-order valence-electron chi connectivity index (χ0n) is 12.4. The molecule has 1 aliphatic heterocycles. The predicted octanol–water partition coefficient (Wildman–Crippen LogP) is 4.26. The van der Waals surface area contributed by atoms with Gasteiger partial charge in [-0.1, -0.05) is 6.92 Å². The van der Waals surface area contributed by atoms with Gasteiger partial charge < -0.3 is 10.1 Å². The Hall–Kier alpha value is -1.55. The van der Waals surface area contributed by atoms with Crippen LogP contribution in [0.3, 0.4) is 0 Å². The van der Waals surface area contributed by atoms with Gasteiger partial charge in [-0.2, -0.15) is 0 Å². The molecular formula is C16H20N2OS. The van der Waals surface area contributed by atoms with Crippen LogP contribution in [0.1, 0.15) is 30.7 Å². The number of aryl methyl sites for hydroxylation is 2. The highest BCUT2D eigenvalue weighted by Crippen LogP contribution is 2.37. The maximum absolute atomic E-state index is 5.99. The molecule has 0 spiro atoms. The van der Waals surface area contributed by atoms with E-state index < -0.39 is 0 Å². The molecule has 20 heavy (non-hydrogen) atoms. The standard InChI is InChI=1S/C16H20N2OS/c1-5-14-18-15(10(2)20-14)11-6-7-13-12(8-11)17-9-16(3,4)19-13/h6-8,17H,5,9H2,1-4H3. The Morgan fingerprint density at radius 1 is 1.40 bits per heavy atom. The topological polar surface area (TPSA) is 34.2 Å². The summed E-state index contributed by atoms with van der Waals surface area (Å²) < 4.78 is 5.99. The molecule has 0 aliphatic carbocycles. The third-order valence-corrected chi connectivity index (χ3v) is 4.60. The summed E-state index contributed by atoms with van der Waals surface area (Å²) in [5, 5.41) is 4.65. The normalized spacial score (nSPS) is 16.2. The Labute approximate surface area is 124 Å². The highest BCUT2D eigenvalue weighted by molar-refractivity contribution is 7.12. The minimum absolute atomic E-state index is 0.152. The molecule has 1 aromatic carbocycles. The van der Waals surface area contributed by atoms with E-state index in [0.29, 0.717) is 0 Å². The van der Waals surface area contributed by atoms with Crippen LogP contribution in [-0.4, -0.2) is 17.1 Å². The second-order valence-electron chi connectivity index (χ2n) is 5.79. The van der Waals surface area contributed by atoms with Gasteiger partial charge in [0.25, 0.3) is 0 Å². The summed E-state index contributed by atoms with van der Waals surface area (Å²) in [5.41, 5.74) is 3.17. The van der Waals surface area contributed by atoms with Gasteiger partial charge in [0.2, 0.25) is 0 Å². The molecule has 0 atom stereocenters. The summed E-state index contributed by atoms with van der Waals surface area (Å²) in [4.78, 5) is 6.00. The zero-order chi connectivity index (χ0) is 14.3. The van der Waals surface area contributed by atoms with Gasteiger partial charge in [-0.05, 0) is 45.4 Å². The van der Waals surface area contributed by atoms with E-state index in [-0.39, 0.29) is 5.60 Å². The van der Waals surface area contributed by atoms with E-state index in [1.807, 2.05) is 6.07 Å². The summed E-state index contributed by atoms with van der Waals surface area (Å²) >= 11 is 1.78. The number of aromatic nitrogens is 1. The Balaban J connectivity index is 1.98. The first-order valence-electron chi connectivity index (χ1n) is 7.02. The molecule has 1 N–H and O–H groups in total. The fraction of sp³-hybridized carbons (Fsp3) is 0.438. The highest BCUT2D eigenvalue weighted by Gasteiger charge is 2.26. The SMILES string of the molecule is CCc1nc(-c2ccc3c(c2)NCC(C)(C)O3)c(C)s1. The van der Waals surface area contributed by atoms with Gasteiger partial charge in [-0.15, -0.1) is 11.3 Å². The first-order valence-corrected chi connectivity index (χ1v) is 7.84. The molecule has 0 saturated carbocycles. The van der Waals surface area contributed by atoms with Crippen molar-refractivity contribution < 1.29 is 4.74 Å². The van der Waals surface area contributed by atoms with Crippen molar-refractivity contribution in [2.24, 2.45) is 0 Å². The Morgan fingerprint density at radius 2 is 2.20 bits per heavy atom. The molecule has 1 aromatic heterocycles. The number of thiazole rings is 1. The number of ether oxygens (including phenoxy) is 1. The third-order valence-electron chi connectivity index (χ3n) is 3.49. The summed E-state index contributed by atoms with van der Waals surface area (Å²) in [6.07, 6.45) is 0.992. The molecule has 1 aliphatic rings. The predicted molar refractivity (Wildman–Crippen MR) is 84.9 cm³/mol. The van der Waals surface area contributed by atoms with E-state index in [9.17, 15) is 0 Å². The molecule has 0 saturated heterocycles. The first kappa shape index (κ1) is 13.4. The van der Waals surface area contributed by atoms with Crippen molar-refractivity contribution in [2.45, 2.75) is 39.7 Å². The molecule has 106 valence electrons. The van der Waals surface area contributed by atoms with Crippen molar-refractivity contribution in [1.82, 2.24) is 4.98 Å². The van der Waals surface area contributed by atoms with Crippen LogP contribution in [0.15, 0.2) is 18.2 Å². The highest BCUT2D eigenvalue weighted by atomic mass is 32.1. The van der Waals surface area contributed by atoms with Gasteiger partial charge in [-0.25, -0.2) is 4.98 Å². The van der Waals surface area contributed by atoms with Crippen LogP contribution in [0.2, 0.25) is 0 Å². The third kappa shape index (κ3) is 2.40. The Morgan fingerprint density at radius 3 is 2.90 bits per heavy atom. The maximum atomic E-state index is 5.99. The lowest BCUT2D eigenvalue weighted by molar-refractivity contribution is 0.116. The number of hydrogen-bond acceptors (Lipinski definition) is 4. The van der Waals surface area contributed by atoms with Crippen LogP contribution in [-0.2, 0) is 6.42 Å². The number of rotatable bonds is 2. The Bertz CT molecular complexity index is 646. The second kappa shape index (κ2) is 4.77. The lowest BCUT2D eigenvalue weighted by Gasteiger charge is -2.33. The van der Waals surface area contributed by atoms with Crippen molar-refractivity contribution in [3.63, 3.8) is 0 Å². The van der Waals surface area contributed by atoms with Crippen LogP contribution < -0.4 is 10.1 Å². The van der Waals surface area contributed by atoms with Crippen LogP contribution in [0.5, 0.6) is 5.75 Å². The number of nitrogens with zero attached hydrogens (tertiary/aromatic N) is 1. The molecule has 3 rings (SSSR count). The van der Waals surface area contributed by atoms with Crippen LogP contribution >= 0.6 is 11.3 Å². The van der Waals surface area contributed by atoms with E-state index in [0.717, 1.165) is 35.7 Å². The average molecular weight is 288 g/mol. The number of anilines is 1. The minimum Gasteiger partial charge on any atom is -0.484 e. The fourth-order valence-electron chi connectivity index (χ4n) is 2.42. The van der Waals surface area contributed by atoms with Crippen molar-refractivity contribution in [2.75, 3.05) is 11.9 Å². The van der Waals surface area contributed by atoms with E-state index >= 15 is 0 Å². The molecule has 3 nitrogen and oxygen atoms in total. The van der Waals surface area contributed by atoms with Crippen LogP contribution in [0, 0.1) is 6.92 Å². The van der Waals surface area contributed by atoms with Gasteiger partial charge in [0.1, 0.15) is 11.4 Å². The molecular weight excluding hydrogens is 268 g/mol.